The van der Waals surface area contributed by atoms with Crippen LogP contribution in [0.5, 0.6) is 0 Å². The summed E-state index contributed by atoms with van der Waals surface area (Å²) in [6.45, 7) is 10.1. The number of carbonyl (C=O) groups is 1. The first-order valence-corrected chi connectivity index (χ1v) is 14.6. The molecule has 0 aromatic rings. The van der Waals surface area contributed by atoms with Crippen molar-refractivity contribution in [3.63, 3.8) is 0 Å². The Balaban J connectivity index is 1.73. The van der Waals surface area contributed by atoms with Crippen molar-refractivity contribution < 1.29 is 34.0 Å². The van der Waals surface area contributed by atoms with Gasteiger partial charge in [-0.15, -0.1) is 0 Å². The van der Waals surface area contributed by atoms with Gasteiger partial charge in [-0.2, -0.15) is 0 Å². The molecule has 7 heteroatoms. The third-order valence-electron chi connectivity index (χ3n) is 9.23. The van der Waals surface area contributed by atoms with Gasteiger partial charge in [-0.05, 0) is 63.0 Å². The number of aliphatic hydroxyl groups is 2. The van der Waals surface area contributed by atoms with Gasteiger partial charge in [-0.1, -0.05) is 49.8 Å². The van der Waals surface area contributed by atoms with Crippen molar-refractivity contribution in [2.24, 2.45) is 17.8 Å². The molecule has 2 fully saturated rings. The van der Waals surface area contributed by atoms with Crippen LogP contribution in [0.2, 0.25) is 0 Å². The van der Waals surface area contributed by atoms with E-state index in [9.17, 15) is 15.0 Å². The van der Waals surface area contributed by atoms with Crippen LogP contribution >= 0.6 is 0 Å². The van der Waals surface area contributed by atoms with E-state index in [0.717, 1.165) is 31.3 Å². The summed E-state index contributed by atoms with van der Waals surface area (Å²) in [7, 11) is 1.59. The van der Waals surface area contributed by atoms with Crippen molar-refractivity contribution in [3.8, 4) is 0 Å². The van der Waals surface area contributed by atoms with Gasteiger partial charge < -0.3 is 29.2 Å². The molecule has 0 amide bonds. The summed E-state index contributed by atoms with van der Waals surface area (Å²) in [6, 6.07) is 0. The quantitative estimate of drug-likeness (QED) is 0.366. The van der Waals surface area contributed by atoms with Crippen LogP contribution in [0.3, 0.4) is 0 Å². The number of methoxy groups -OCH3 is 1. The molecule has 4 rings (SSSR count). The molecule has 0 radical (unpaired) electrons. The van der Waals surface area contributed by atoms with E-state index in [0.29, 0.717) is 24.3 Å². The minimum absolute atomic E-state index is 0.0499. The van der Waals surface area contributed by atoms with Crippen LogP contribution in [0.15, 0.2) is 47.1 Å². The molecule has 9 atom stereocenters. The first kappa shape index (κ1) is 30.2. The van der Waals surface area contributed by atoms with E-state index in [2.05, 4.69) is 39.8 Å². The predicted molar refractivity (Wildman–Crippen MR) is 150 cm³/mol. The van der Waals surface area contributed by atoms with Gasteiger partial charge in [-0.3, -0.25) is 4.79 Å². The SMILES string of the molecule is CO[C@H]1C[C@@]2(O)/C(CO)=C/C=C/[C@H](C)C/C(C)=C/C[C@@H]3C[C@@H](C[C@]4(CC[C@H](C)[C@H](C)O4)O3)OC(=O)[C@@H]2C=C1C. The van der Waals surface area contributed by atoms with Gasteiger partial charge in [0.05, 0.1) is 24.9 Å². The summed E-state index contributed by atoms with van der Waals surface area (Å²) in [5.74, 6) is -1.55. The second kappa shape index (κ2) is 12.4. The fraction of sp³-hybridized carbons (Fsp3) is 0.719. The normalized spacial score (nSPS) is 45.7. The van der Waals surface area contributed by atoms with E-state index < -0.39 is 29.4 Å². The number of rotatable bonds is 2. The van der Waals surface area contributed by atoms with E-state index in [1.54, 1.807) is 19.3 Å². The van der Waals surface area contributed by atoms with E-state index >= 15 is 0 Å². The molecule has 39 heavy (non-hydrogen) atoms. The molecule has 0 unspecified atom stereocenters. The molecular formula is C32H48O7. The number of carbonyl (C=O) groups excluding carboxylic acids is 1. The molecule has 2 saturated heterocycles. The van der Waals surface area contributed by atoms with Crippen LogP contribution < -0.4 is 0 Å². The van der Waals surface area contributed by atoms with Crippen LogP contribution in [0.1, 0.15) is 79.6 Å². The Morgan fingerprint density at radius 3 is 2.59 bits per heavy atom. The average Bonchev–Trinajstić information content (AvgIpc) is 2.88. The van der Waals surface area contributed by atoms with Crippen LogP contribution in [-0.4, -0.2) is 65.7 Å². The molecule has 0 saturated carbocycles. The highest BCUT2D eigenvalue weighted by Gasteiger charge is 2.51. The summed E-state index contributed by atoms with van der Waals surface area (Å²) in [5.41, 5.74) is 0.863. The van der Waals surface area contributed by atoms with E-state index in [-0.39, 0.29) is 37.3 Å². The number of fused-ring (bicyclic) bond motifs is 3. The van der Waals surface area contributed by atoms with Crippen LogP contribution in [-0.2, 0) is 23.7 Å². The Labute approximate surface area is 233 Å². The molecule has 1 spiro atoms. The van der Waals surface area contributed by atoms with Crippen LogP contribution in [0, 0.1) is 17.8 Å². The summed E-state index contributed by atoms with van der Waals surface area (Å²) in [6.07, 6.45) is 13.3. The third-order valence-corrected chi connectivity index (χ3v) is 9.23. The van der Waals surface area contributed by atoms with E-state index in [1.165, 1.54) is 5.57 Å². The van der Waals surface area contributed by atoms with E-state index in [4.69, 9.17) is 18.9 Å². The molecule has 4 aliphatic rings. The number of hydrogen-bond donors (Lipinski definition) is 2. The Hall–Kier alpha value is -1.77. The number of allylic oxidation sites excluding steroid dienone is 4. The van der Waals surface area contributed by atoms with Crippen LogP contribution in [0.4, 0.5) is 0 Å². The maximum atomic E-state index is 13.9. The van der Waals surface area contributed by atoms with Gasteiger partial charge in [0.25, 0.3) is 0 Å². The fourth-order valence-corrected chi connectivity index (χ4v) is 6.66. The zero-order valence-electron chi connectivity index (χ0n) is 24.5. The van der Waals surface area contributed by atoms with Crippen LogP contribution in [0.25, 0.3) is 0 Å². The average molecular weight is 545 g/mol. The van der Waals surface area contributed by atoms with Gasteiger partial charge >= 0.3 is 5.97 Å². The minimum atomic E-state index is -1.64. The molecule has 218 valence electrons. The topological polar surface area (TPSA) is 94.5 Å². The van der Waals surface area contributed by atoms with Crippen molar-refractivity contribution in [1.82, 2.24) is 0 Å². The lowest BCUT2D eigenvalue weighted by atomic mass is 9.71. The van der Waals surface area contributed by atoms with Crippen molar-refractivity contribution >= 4 is 5.97 Å². The second-order valence-electron chi connectivity index (χ2n) is 12.4. The summed E-state index contributed by atoms with van der Waals surface area (Å²) < 4.78 is 25.0. The monoisotopic (exact) mass is 544 g/mol. The standard InChI is InChI=1S/C32H48O7/c1-20-8-7-9-25(19-33)32(35)18-29(36-6)23(4)15-28(32)30(34)37-27-16-26(11-10-21(2)14-20)39-31(17-27)13-12-22(3)24(5)38-31/h7-10,15,20,22,24,26-29,33,35H,11-14,16-19H2,1-6H3/b8-7+,21-10+,25-9+/t20-,22-,24-,26+,27-,28-,29-,31-,32+/m0/s1. The first-order chi connectivity index (χ1) is 18.5. The van der Waals surface area contributed by atoms with Crippen molar-refractivity contribution in [3.05, 3.63) is 47.1 Å². The van der Waals surface area contributed by atoms with Crippen molar-refractivity contribution in [1.29, 1.82) is 0 Å². The first-order valence-electron chi connectivity index (χ1n) is 14.6. The smallest absolute Gasteiger partial charge is 0.316 e. The summed E-state index contributed by atoms with van der Waals surface area (Å²) in [4.78, 5) is 13.9. The Morgan fingerprint density at radius 2 is 1.90 bits per heavy atom. The fourth-order valence-electron chi connectivity index (χ4n) is 6.66. The lowest BCUT2D eigenvalue weighted by Gasteiger charge is -2.49. The molecular weight excluding hydrogens is 496 g/mol. The number of aliphatic hydroxyl groups excluding tert-OH is 1. The second-order valence-corrected chi connectivity index (χ2v) is 12.4. The lowest BCUT2D eigenvalue weighted by Crippen LogP contribution is -2.55. The highest BCUT2D eigenvalue weighted by Crippen LogP contribution is 2.44. The van der Waals surface area contributed by atoms with Crippen molar-refractivity contribution in [2.45, 2.75) is 115 Å². The van der Waals surface area contributed by atoms with Gasteiger partial charge in [0.2, 0.25) is 0 Å². The molecule has 2 N–H and O–H groups in total. The molecule has 1 aliphatic carbocycles. The maximum Gasteiger partial charge on any atom is 0.316 e. The Kier molecular flexibility index (Phi) is 9.60. The van der Waals surface area contributed by atoms with Gasteiger partial charge in [0, 0.05) is 32.8 Å². The molecule has 0 aromatic carbocycles. The number of hydrogen-bond acceptors (Lipinski definition) is 7. The largest absolute Gasteiger partial charge is 0.462 e. The lowest BCUT2D eigenvalue weighted by molar-refractivity contribution is -0.332. The molecule has 7 nitrogen and oxygen atoms in total. The summed E-state index contributed by atoms with van der Waals surface area (Å²) in [5, 5.41) is 22.4. The highest BCUT2D eigenvalue weighted by atomic mass is 16.7. The Morgan fingerprint density at radius 1 is 1.13 bits per heavy atom. The molecule has 3 aliphatic heterocycles. The van der Waals surface area contributed by atoms with E-state index in [1.807, 2.05) is 13.0 Å². The predicted octanol–water partition coefficient (Wildman–Crippen LogP) is 5.17. The minimum Gasteiger partial charge on any atom is -0.462 e. The van der Waals surface area contributed by atoms with Gasteiger partial charge in [-0.25, -0.2) is 0 Å². The third kappa shape index (κ3) is 6.76. The maximum absolute atomic E-state index is 13.9. The Bertz CT molecular complexity index is 1010. The zero-order valence-corrected chi connectivity index (χ0v) is 24.5. The molecule has 0 aromatic heterocycles. The highest BCUT2D eigenvalue weighted by molar-refractivity contribution is 5.78. The summed E-state index contributed by atoms with van der Waals surface area (Å²) >= 11 is 0. The zero-order chi connectivity index (χ0) is 28.4. The number of ether oxygens (including phenoxy) is 4. The van der Waals surface area contributed by atoms with Crippen molar-refractivity contribution in [2.75, 3.05) is 13.7 Å². The molecule has 3 heterocycles. The molecule has 2 bridgehead atoms. The van der Waals surface area contributed by atoms with Gasteiger partial charge in [0.1, 0.15) is 17.6 Å². The van der Waals surface area contributed by atoms with Gasteiger partial charge in [0.15, 0.2) is 5.79 Å². The number of esters is 1.